The summed E-state index contributed by atoms with van der Waals surface area (Å²) in [7, 11) is 0. The van der Waals surface area contributed by atoms with Crippen LogP contribution in [0.3, 0.4) is 0 Å². The predicted molar refractivity (Wildman–Crippen MR) is 67.6 cm³/mol. The normalized spacial score (nSPS) is 10.6. The van der Waals surface area contributed by atoms with Crippen LogP contribution in [0, 0.1) is 34.6 Å². The number of amides is 1. The molecule has 0 saturated carbocycles. The first-order valence-corrected chi connectivity index (χ1v) is 5.70. The zero-order valence-electron chi connectivity index (χ0n) is 10.9. The molecule has 88 valence electrons. The Bertz CT molecular complexity index is 404. The quantitative estimate of drug-likeness (QED) is 0.834. The molecule has 0 saturated heterocycles. The molecule has 0 aliphatic carbocycles. The number of primary amides is 1. The lowest BCUT2D eigenvalue weighted by Crippen LogP contribution is -2.13. The van der Waals surface area contributed by atoms with E-state index in [0.29, 0.717) is 6.42 Å². The van der Waals surface area contributed by atoms with Gasteiger partial charge in [0.2, 0.25) is 5.91 Å². The largest absolute Gasteiger partial charge is 0.370 e. The zero-order chi connectivity index (χ0) is 12.5. The molecule has 0 radical (unpaired) electrons. The highest BCUT2D eigenvalue weighted by Crippen LogP contribution is 2.26. The molecule has 1 aromatic carbocycles. The highest BCUT2D eigenvalue weighted by Gasteiger charge is 2.12. The van der Waals surface area contributed by atoms with Gasteiger partial charge < -0.3 is 5.73 Å². The zero-order valence-corrected chi connectivity index (χ0v) is 10.9. The standard InChI is InChI=1S/C14H21NO/c1-8-9(2)11(4)13(6-7-14(15)16)12(5)10(8)3/h6-7H2,1-5H3,(H2,15,16). The van der Waals surface area contributed by atoms with Crippen LogP contribution in [0.25, 0.3) is 0 Å². The lowest BCUT2D eigenvalue weighted by molar-refractivity contribution is -0.117. The van der Waals surface area contributed by atoms with E-state index < -0.39 is 0 Å². The Hall–Kier alpha value is -1.31. The number of nitrogens with two attached hydrogens (primary N) is 1. The third-order valence-electron chi connectivity index (χ3n) is 3.78. The van der Waals surface area contributed by atoms with Crippen LogP contribution in [0.1, 0.15) is 39.8 Å². The van der Waals surface area contributed by atoms with Gasteiger partial charge in [0.15, 0.2) is 0 Å². The van der Waals surface area contributed by atoms with Gasteiger partial charge in [0, 0.05) is 6.42 Å². The molecule has 16 heavy (non-hydrogen) atoms. The molecule has 0 bridgehead atoms. The minimum Gasteiger partial charge on any atom is -0.370 e. The first-order valence-electron chi connectivity index (χ1n) is 5.70. The van der Waals surface area contributed by atoms with Crippen LogP contribution < -0.4 is 5.73 Å². The second kappa shape index (κ2) is 4.69. The first-order chi connectivity index (χ1) is 7.36. The average Bonchev–Trinajstić information content (AvgIpc) is 2.23. The van der Waals surface area contributed by atoms with Gasteiger partial charge >= 0.3 is 0 Å². The number of carbonyl (C=O) groups is 1. The minimum atomic E-state index is -0.227. The summed E-state index contributed by atoms with van der Waals surface area (Å²) < 4.78 is 0. The summed E-state index contributed by atoms with van der Waals surface area (Å²) in [6.45, 7) is 10.7. The van der Waals surface area contributed by atoms with Crippen LogP contribution in [0.4, 0.5) is 0 Å². The predicted octanol–water partition coefficient (Wildman–Crippen LogP) is 2.65. The number of hydrogen-bond donors (Lipinski definition) is 1. The van der Waals surface area contributed by atoms with Crippen molar-refractivity contribution in [2.24, 2.45) is 5.73 Å². The Morgan fingerprint density at radius 3 is 1.62 bits per heavy atom. The van der Waals surface area contributed by atoms with Gasteiger partial charge in [-0.3, -0.25) is 4.79 Å². The second-order valence-corrected chi connectivity index (χ2v) is 4.57. The van der Waals surface area contributed by atoms with Crippen molar-refractivity contribution in [3.05, 3.63) is 33.4 Å². The Balaban J connectivity index is 3.23. The lowest BCUT2D eigenvalue weighted by atomic mass is 9.87. The molecule has 0 aromatic heterocycles. The van der Waals surface area contributed by atoms with E-state index in [-0.39, 0.29) is 5.91 Å². The molecular formula is C14H21NO. The third kappa shape index (κ3) is 2.26. The molecule has 0 aliphatic rings. The maximum atomic E-state index is 10.9. The summed E-state index contributed by atoms with van der Waals surface area (Å²) in [6.07, 6.45) is 1.19. The molecule has 1 aromatic rings. The second-order valence-electron chi connectivity index (χ2n) is 4.57. The third-order valence-corrected chi connectivity index (χ3v) is 3.78. The molecule has 2 nitrogen and oxygen atoms in total. The van der Waals surface area contributed by atoms with Crippen LogP contribution in [-0.4, -0.2) is 5.91 Å². The van der Waals surface area contributed by atoms with Crippen molar-refractivity contribution < 1.29 is 4.79 Å². The van der Waals surface area contributed by atoms with Gasteiger partial charge in [0.25, 0.3) is 0 Å². The van der Waals surface area contributed by atoms with Gasteiger partial charge in [-0.15, -0.1) is 0 Å². The van der Waals surface area contributed by atoms with E-state index in [9.17, 15) is 4.79 Å². The molecule has 1 amide bonds. The summed E-state index contributed by atoms with van der Waals surface area (Å²) in [5, 5.41) is 0. The topological polar surface area (TPSA) is 43.1 Å². The van der Waals surface area contributed by atoms with E-state index in [1.165, 1.54) is 33.4 Å². The lowest BCUT2D eigenvalue weighted by Gasteiger charge is -2.18. The molecule has 0 fully saturated rings. The van der Waals surface area contributed by atoms with E-state index in [4.69, 9.17) is 5.73 Å². The van der Waals surface area contributed by atoms with Crippen LogP contribution in [0.5, 0.6) is 0 Å². The van der Waals surface area contributed by atoms with Gasteiger partial charge in [0.05, 0.1) is 0 Å². The molecule has 0 unspecified atom stereocenters. The fourth-order valence-corrected chi connectivity index (χ4v) is 2.20. The summed E-state index contributed by atoms with van der Waals surface area (Å²) in [5.41, 5.74) is 13.1. The molecular weight excluding hydrogens is 198 g/mol. The fraction of sp³-hybridized carbons (Fsp3) is 0.500. The van der Waals surface area contributed by atoms with E-state index in [1.807, 2.05) is 0 Å². The van der Waals surface area contributed by atoms with Gasteiger partial charge in [-0.25, -0.2) is 0 Å². The molecule has 1 rings (SSSR count). The minimum absolute atomic E-state index is 0.227. The van der Waals surface area contributed by atoms with Crippen molar-refractivity contribution >= 4 is 5.91 Å². The molecule has 2 N–H and O–H groups in total. The number of rotatable bonds is 3. The maximum absolute atomic E-state index is 10.9. The van der Waals surface area contributed by atoms with Crippen LogP contribution in [0.2, 0.25) is 0 Å². The van der Waals surface area contributed by atoms with Crippen LogP contribution in [0.15, 0.2) is 0 Å². The summed E-state index contributed by atoms with van der Waals surface area (Å²) in [4.78, 5) is 10.9. The average molecular weight is 219 g/mol. The van der Waals surface area contributed by atoms with Gasteiger partial charge in [0.1, 0.15) is 0 Å². The highest BCUT2D eigenvalue weighted by atomic mass is 16.1. The van der Waals surface area contributed by atoms with Crippen molar-refractivity contribution in [3.8, 4) is 0 Å². The fourth-order valence-electron chi connectivity index (χ4n) is 2.20. The summed E-state index contributed by atoms with van der Waals surface area (Å²) in [5.74, 6) is -0.227. The summed E-state index contributed by atoms with van der Waals surface area (Å²) in [6, 6.07) is 0. The number of benzene rings is 1. The van der Waals surface area contributed by atoms with E-state index in [0.717, 1.165) is 6.42 Å². The maximum Gasteiger partial charge on any atom is 0.217 e. The molecule has 0 atom stereocenters. The van der Waals surface area contributed by atoms with Crippen molar-refractivity contribution in [2.75, 3.05) is 0 Å². The van der Waals surface area contributed by atoms with Crippen LogP contribution >= 0.6 is 0 Å². The Morgan fingerprint density at radius 1 is 0.875 bits per heavy atom. The van der Waals surface area contributed by atoms with Crippen molar-refractivity contribution in [3.63, 3.8) is 0 Å². The Kier molecular flexibility index (Phi) is 3.74. The smallest absolute Gasteiger partial charge is 0.217 e. The summed E-state index contributed by atoms with van der Waals surface area (Å²) >= 11 is 0. The van der Waals surface area contributed by atoms with Crippen molar-refractivity contribution in [1.29, 1.82) is 0 Å². The molecule has 0 heterocycles. The van der Waals surface area contributed by atoms with E-state index >= 15 is 0 Å². The molecule has 2 heteroatoms. The van der Waals surface area contributed by atoms with Gasteiger partial charge in [-0.2, -0.15) is 0 Å². The molecule has 0 aliphatic heterocycles. The van der Waals surface area contributed by atoms with Crippen molar-refractivity contribution in [2.45, 2.75) is 47.5 Å². The first kappa shape index (κ1) is 12.8. The molecule has 0 spiro atoms. The van der Waals surface area contributed by atoms with E-state index in [2.05, 4.69) is 34.6 Å². The highest BCUT2D eigenvalue weighted by molar-refractivity contribution is 5.74. The van der Waals surface area contributed by atoms with E-state index in [1.54, 1.807) is 0 Å². The van der Waals surface area contributed by atoms with Crippen molar-refractivity contribution in [1.82, 2.24) is 0 Å². The number of carbonyl (C=O) groups excluding carboxylic acids is 1. The SMILES string of the molecule is Cc1c(C)c(C)c(CCC(N)=O)c(C)c1C. The van der Waals surface area contributed by atoms with Gasteiger partial charge in [-0.05, 0) is 74.4 Å². The monoisotopic (exact) mass is 219 g/mol. The van der Waals surface area contributed by atoms with Gasteiger partial charge in [-0.1, -0.05) is 0 Å². The number of hydrogen-bond acceptors (Lipinski definition) is 1. The Morgan fingerprint density at radius 2 is 1.25 bits per heavy atom. The van der Waals surface area contributed by atoms with Crippen LogP contribution in [-0.2, 0) is 11.2 Å². The Labute approximate surface area is 97.9 Å².